The number of halogens is 1. The summed E-state index contributed by atoms with van der Waals surface area (Å²) >= 11 is 6.40. The van der Waals surface area contributed by atoms with Crippen molar-refractivity contribution in [2.24, 2.45) is 0 Å². The lowest BCUT2D eigenvalue weighted by molar-refractivity contribution is 0.0177. The lowest BCUT2D eigenvalue weighted by atomic mass is 9.81. The van der Waals surface area contributed by atoms with Gasteiger partial charge < -0.3 is 5.32 Å². The van der Waals surface area contributed by atoms with E-state index in [9.17, 15) is 4.79 Å². The van der Waals surface area contributed by atoms with Crippen molar-refractivity contribution in [2.75, 3.05) is 0 Å². The molecular weight excluding hydrogens is 356 g/mol. The molecule has 27 heavy (non-hydrogen) atoms. The van der Waals surface area contributed by atoms with Gasteiger partial charge in [-0.15, -0.1) is 0 Å². The van der Waals surface area contributed by atoms with Gasteiger partial charge >= 0.3 is 0 Å². The number of piperidine rings is 2. The first-order chi connectivity index (χ1) is 13.1. The van der Waals surface area contributed by atoms with Crippen LogP contribution in [0.5, 0.6) is 0 Å². The van der Waals surface area contributed by atoms with E-state index < -0.39 is 0 Å². The molecule has 2 aliphatic heterocycles. The summed E-state index contributed by atoms with van der Waals surface area (Å²) in [5, 5.41) is 4.16. The van der Waals surface area contributed by atoms with Crippen molar-refractivity contribution < 1.29 is 4.79 Å². The maximum Gasteiger partial charge on any atom is 0.251 e. The van der Waals surface area contributed by atoms with E-state index in [0.29, 0.717) is 12.1 Å². The van der Waals surface area contributed by atoms with Crippen LogP contribution >= 0.6 is 11.6 Å². The first-order valence-corrected chi connectivity index (χ1v) is 10.4. The van der Waals surface area contributed by atoms with Crippen molar-refractivity contribution in [1.29, 1.82) is 0 Å². The van der Waals surface area contributed by atoms with Gasteiger partial charge in [0.2, 0.25) is 0 Å². The molecule has 142 valence electrons. The molecule has 4 heteroatoms. The van der Waals surface area contributed by atoms with Crippen molar-refractivity contribution >= 4 is 17.5 Å². The van der Waals surface area contributed by atoms with Gasteiger partial charge in [-0.2, -0.15) is 0 Å². The van der Waals surface area contributed by atoms with Gasteiger partial charge in [-0.25, -0.2) is 0 Å². The average molecular weight is 383 g/mol. The number of fused-ring (bicyclic) bond motifs is 2. The van der Waals surface area contributed by atoms with Crippen LogP contribution in [0.25, 0.3) is 0 Å². The molecule has 2 bridgehead atoms. The molecule has 1 N–H and O–H groups in total. The summed E-state index contributed by atoms with van der Waals surface area (Å²) in [6.07, 6.45) is 5.75. The zero-order valence-electron chi connectivity index (χ0n) is 15.8. The minimum atomic E-state index is 0.0655. The monoisotopic (exact) mass is 382 g/mol. The summed E-state index contributed by atoms with van der Waals surface area (Å²) in [5.74, 6) is 0.0655. The molecular formula is C23H27ClN2O. The number of hydrogen-bond acceptors (Lipinski definition) is 2. The Morgan fingerprint density at radius 3 is 2.44 bits per heavy atom. The third-order valence-corrected chi connectivity index (χ3v) is 6.53. The van der Waals surface area contributed by atoms with Crippen molar-refractivity contribution in [1.82, 2.24) is 10.2 Å². The predicted molar refractivity (Wildman–Crippen MR) is 110 cm³/mol. The van der Waals surface area contributed by atoms with Crippen LogP contribution in [0.3, 0.4) is 0 Å². The van der Waals surface area contributed by atoms with Crippen LogP contribution in [0.1, 0.15) is 53.6 Å². The standard InChI is InChI=1S/C23H27ClN2O/c1-16-7-2-4-11-21(16)23(27)25-18-13-19-9-6-10-20(14-18)26(19)15-17-8-3-5-12-22(17)24/h2-5,7-8,11-12,18-20H,6,9-10,13-15H2,1H3,(H,25,27)/t19-,20-/m0/s1. The molecule has 0 aliphatic carbocycles. The molecule has 2 heterocycles. The number of hydrogen-bond donors (Lipinski definition) is 1. The van der Waals surface area contributed by atoms with Gasteiger partial charge in [0.05, 0.1) is 0 Å². The minimum Gasteiger partial charge on any atom is -0.349 e. The summed E-state index contributed by atoms with van der Waals surface area (Å²) in [6, 6.07) is 17.3. The van der Waals surface area contributed by atoms with E-state index in [1.807, 2.05) is 43.3 Å². The fourth-order valence-electron chi connectivity index (χ4n) is 4.77. The van der Waals surface area contributed by atoms with E-state index in [1.165, 1.54) is 24.8 Å². The van der Waals surface area contributed by atoms with Crippen LogP contribution in [-0.2, 0) is 6.54 Å². The van der Waals surface area contributed by atoms with Crippen molar-refractivity contribution in [3.63, 3.8) is 0 Å². The molecule has 4 rings (SSSR count). The SMILES string of the molecule is Cc1ccccc1C(=O)NC1C[C@@H]2CCC[C@@H](C1)N2Cc1ccccc1Cl. The number of nitrogens with one attached hydrogen (secondary N) is 1. The van der Waals surface area contributed by atoms with Gasteiger partial charge in [0.15, 0.2) is 0 Å². The summed E-state index contributed by atoms with van der Waals surface area (Å²) in [4.78, 5) is 15.4. The number of carbonyl (C=O) groups is 1. The van der Waals surface area contributed by atoms with Gasteiger partial charge in [0, 0.05) is 35.3 Å². The zero-order valence-corrected chi connectivity index (χ0v) is 16.6. The minimum absolute atomic E-state index is 0.0655. The highest BCUT2D eigenvalue weighted by Crippen LogP contribution is 2.36. The third kappa shape index (κ3) is 4.04. The van der Waals surface area contributed by atoms with Crippen LogP contribution < -0.4 is 5.32 Å². The Hall–Kier alpha value is -1.84. The Kier molecular flexibility index (Phi) is 5.51. The molecule has 2 fully saturated rings. The fourth-order valence-corrected chi connectivity index (χ4v) is 4.96. The highest BCUT2D eigenvalue weighted by molar-refractivity contribution is 6.31. The maximum atomic E-state index is 12.7. The van der Waals surface area contributed by atoms with E-state index in [4.69, 9.17) is 11.6 Å². The van der Waals surface area contributed by atoms with Gasteiger partial charge in [0.25, 0.3) is 5.91 Å². The normalized spacial score (nSPS) is 25.2. The number of rotatable bonds is 4. The second-order valence-electron chi connectivity index (χ2n) is 7.96. The van der Waals surface area contributed by atoms with E-state index >= 15 is 0 Å². The fraction of sp³-hybridized carbons (Fsp3) is 0.435. The molecule has 0 unspecified atom stereocenters. The predicted octanol–water partition coefficient (Wildman–Crippen LogP) is 4.96. The first kappa shape index (κ1) is 18.5. The van der Waals surface area contributed by atoms with E-state index in [-0.39, 0.29) is 11.9 Å². The summed E-state index contributed by atoms with van der Waals surface area (Å²) in [5.41, 5.74) is 3.03. The van der Waals surface area contributed by atoms with Gasteiger partial charge in [0.1, 0.15) is 0 Å². The molecule has 0 aromatic heterocycles. The Morgan fingerprint density at radius 1 is 1.07 bits per heavy atom. The number of benzene rings is 2. The van der Waals surface area contributed by atoms with Crippen molar-refractivity contribution in [3.05, 3.63) is 70.2 Å². The highest BCUT2D eigenvalue weighted by atomic mass is 35.5. The second-order valence-corrected chi connectivity index (χ2v) is 8.37. The lowest BCUT2D eigenvalue weighted by Gasteiger charge is -2.49. The Morgan fingerprint density at radius 2 is 1.74 bits per heavy atom. The van der Waals surface area contributed by atoms with Crippen LogP contribution in [-0.4, -0.2) is 28.9 Å². The highest BCUT2D eigenvalue weighted by Gasteiger charge is 2.38. The lowest BCUT2D eigenvalue weighted by Crippen LogP contribution is -2.56. The average Bonchev–Trinajstić information content (AvgIpc) is 2.64. The Bertz CT molecular complexity index is 808. The van der Waals surface area contributed by atoms with E-state index in [1.54, 1.807) is 0 Å². The number of aryl methyl sites for hydroxylation is 1. The second kappa shape index (κ2) is 8.04. The topological polar surface area (TPSA) is 32.3 Å². The van der Waals surface area contributed by atoms with Crippen molar-refractivity contribution in [3.8, 4) is 0 Å². The molecule has 3 nitrogen and oxygen atoms in total. The van der Waals surface area contributed by atoms with Crippen LogP contribution in [0.15, 0.2) is 48.5 Å². The molecule has 2 saturated heterocycles. The third-order valence-electron chi connectivity index (χ3n) is 6.16. The number of amides is 1. The van der Waals surface area contributed by atoms with Crippen LogP contribution in [0.2, 0.25) is 5.02 Å². The molecule has 1 amide bonds. The van der Waals surface area contributed by atoms with Crippen LogP contribution in [0, 0.1) is 6.92 Å². The van der Waals surface area contributed by atoms with Gasteiger partial charge in [-0.1, -0.05) is 54.4 Å². The molecule has 0 radical (unpaired) electrons. The summed E-state index contributed by atoms with van der Waals surface area (Å²) < 4.78 is 0. The maximum absolute atomic E-state index is 12.7. The molecule has 0 saturated carbocycles. The molecule has 2 atom stereocenters. The molecule has 2 aromatic rings. The molecule has 0 spiro atoms. The quantitative estimate of drug-likeness (QED) is 0.810. The number of carbonyl (C=O) groups excluding carboxylic acids is 1. The zero-order chi connectivity index (χ0) is 18.8. The van der Waals surface area contributed by atoms with Crippen molar-refractivity contribution in [2.45, 2.75) is 63.7 Å². The Balaban J connectivity index is 1.44. The van der Waals surface area contributed by atoms with Gasteiger partial charge in [-0.3, -0.25) is 9.69 Å². The van der Waals surface area contributed by atoms with E-state index in [2.05, 4.69) is 22.3 Å². The summed E-state index contributed by atoms with van der Waals surface area (Å²) in [6.45, 7) is 2.91. The van der Waals surface area contributed by atoms with Crippen LogP contribution in [0.4, 0.5) is 0 Å². The largest absolute Gasteiger partial charge is 0.349 e. The smallest absolute Gasteiger partial charge is 0.251 e. The van der Waals surface area contributed by atoms with Gasteiger partial charge in [-0.05, 0) is 55.9 Å². The number of nitrogens with zero attached hydrogens (tertiary/aromatic N) is 1. The summed E-state index contributed by atoms with van der Waals surface area (Å²) in [7, 11) is 0. The molecule has 2 aromatic carbocycles. The van der Waals surface area contributed by atoms with E-state index in [0.717, 1.165) is 35.5 Å². The first-order valence-electron chi connectivity index (χ1n) is 9.97. The molecule has 2 aliphatic rings. The Labute approximate surface area is 166 Å².